The van der Waals surface area contributed by atoms with Gasteiger partial charge in [-0.15, -0.1) is 0 Å². The number of carbonyl (C=O) groups excluding carboxylic acids is 4. The van der Waals surface area contributed by atoms with E-state index in [1.807, 2.05) is 0 Å². The summed E-state index contributed by atoms with van der Waals surface area (Å²) in [4.78, 5) is 78.7. The van der Waals surface area contributed by atoms with E-state index >= 15 is 0 Å². The number of primary amides is 1. The molecule has 9 N–H and O–H groups in total. The summed E-state index contributed by atoms with van der Waals surface area (Å²) in [5, 5.41) is 28.5. The first-order chi connectivity index (χ1) is 16.6. The molecule has 15 heteroatoms. The van der Waals surface area contributed by atoms with Gasteiger partial charge in [0.2, 0.25) is 23.6 Å². The largest absolute Gasteiger partial charge is 0.481 e. The second-order valence-electron chi connectivity index (χ2n) is 8.05. The van der Waals surface area contributed by atoms with Crippen LogP contribution < -0.4 is 27.0 Å². The van der Waals surface area contributed by atoms with E-state index in [0.29, 0.717) is 18.7 Å². The number of imidazole rings is 1. The summed E-state index contributed by atoms with van der Waals surface area (Å²) in [7, 11) is 0. The number of amides is 4. The number of nitrogens with two attached hydrogens (primary N) is 1. The van der Waals surface area contributed by atoms with Crippen molar-refractivity contribution in [3.63, 3.8) is 0 Å². The Bertz CT molecular complexity index is 930. The van der Waals surface area contributed by atoms with Gasteiger partial charge in [0.15, 0.2) is 0 Å². The van der Waals surface area contributed by atoms with E-state index in [-0.39, 0.29) is 19.3 Å². The summed E-state index contributed by atoms with van der Waals surface area (Å²) in [5.41, 5.74) is 5.57. The van der Waals surface area contributed by atoms with Crippen LogP contribution in [-0.2, 0) is 35.2 Å². The molecule has 0 spiro atoms. The van der Waals surface area contributed by atoms with Gasteiger partial charge in [-0.1, -0.05) is 0 Å². The monoisotopic (exact) mass is 495 g/mol. The highest BCUT2D eigenvalue weighted by Crippen LogP contribution is 2.07. The number of carboxylic acid groups (broad SMARTS) is 2. The molecular formula is C20H29N7O8. The van der Waals surface area contributed by atoms with Crippen molar-refractivity contribution in [1.29, 1.82) is 0 Å². The maximum absolute atomic E-state index is 12.8. The van der Waals surface area contributed by atoms with Crippen LogP contribution in [0.4, 0.5) is 0 Å². The van der Waals surface area contributed by atoms with Gasteiger partial charge in [-0.05, 0) is 25.8 Å². The quantitative estimate of drug-likeness (QED) is 0.130. The molecule has 35 heavy (non-hydrogen) atoms. The minimum absolute atomic E-state index is 0.135. The van der Waals surface area contributed by atoms with E-state index in [9.17, 15) is 39.0 Å². The van der Waals surface area contributed by atoms with E-state index < -0.39 is 66.2 Å². The third-order valence-electron chi connectivity index (χ3n) is 5.29. The van der Waals surface area contributed by atoms with Gasteiger partial charge in [0.05, 0.1) is 18.8 Å². The average Bonchev–Trinajstić information content (AvgIpc) is 3.49. The van der Waals surface area contributed by atoms with E-state index in [4.69, 9.17) is 5.73 Å². The Kier molecular flexibility index (Phi) is 10.1. The number of carboxylic acids is 2. The third-order valence-corrected chi connectivity index (χ3v) is 5.29. The summed E-state index contributed by atoms with van der Waals surface area (Å²) in [6.07, 6.45) is 2.49. The van der Waals surface area contributed by atoms with Gasteiger partial charge in [0.1, 0.15) is 18.1 Å². The van der Waals surface area contributed by atoms with Gasteiger partial charge < -0.3 is 42.2 Å². The summed E-state index contributed by atoms with van der Waals surface area (Å²) in [6, 6.07) is -4.89. The predicted octanol–water partition coefficient (Wildman–Crippen LogP) is -3.02. The Morgan fingerprint density at radius 1 is 1.06 bits per heavy atom. The van der Waals surface area contributed by atoms with Crippen molar-refractivity contribution in [2.24, 2.45) is 5.73 Å². The first kappa shape index (κ1) is 27.2. The van der Waals surface area contributed by atoms with Crippen molar-refractivity contribution < 1.29 is 39.0 Å². The fraction of sp³-hybridized carbons (Fsp3) is 0.550. The summed E-state index contributed by atoms with van der Waals surface area (Å²) >= 11 is 0. The highest BCUT2D eigenvalue weighted by Gasteiger charge is 2.32. The van der Waals surface area contributed by atoms with Gasteiger partial charge in [-0.25, -0.2) is 9.78 Å². The number of hydrogen-bond acceptors (Lipinski definition) is 8. The Hall–Kier alpha value is -4.01. The molecular weight excluding hydrogens is 466 g/mol. The van der Waals surface area contributed by atoms with Gasteiger partial charge in [-0.3, -0.25) is 24.0 Å². The number of nitrogens with zero attached hydrogens (tertiary/aromatic N) is 1. The van der Waals surface area contributed by atoms with Crippen molar-refractivity contribution in [2.45, 2.75) is 62.7 Å². The fourth-order valence-electron chi connectivity index (χ4n) is 3.48. The first-order valence-corrected chi connectivity index (χ1v) is 10.9. The molecule has 0 bridgehead atoms. The number of aliphatic carboxylic acids is 2. The van der Waals surface area contributed by atoms with Crippen molar-refractivity contribution >= 4 is 35.6 Å². The van der Waals surface area contributed by atoms with Crippen LogP contribution in [0.15, 0.2) is 12.5 Å². The number of H-pyrrole nitrogens is 1. The minimum Gasteiger partial charge on any atom is -0.481 e. The van der Waals surface area contributed by atoms with Crippen LogP contribution in [0, 0.1) is 0 Å². The smallest absolute Gasteiger partial charge is 0.326 e. The summed E-state index contributed by atoms with van der Waals surface area (Å²) < 4.78 is 0. The molecule has 2 heterocycles. The van der Waals surface area contributed by atoms with E-state index in [0.717, 1.165) is 6.42 Å². The lowest BCUT2D eigenvalue weighted by atomic mass is 10.1. The number of hydrogen-bond donors (Lipinski definition) is 8. The number of rotatable bonds is 14. The van der Waals surface area contributed by atoms with Gasteiger partial charge in [0.25, 0.3) is 0 Å². The average molecular weight is 495 g/mol. The standard InChI is InChI=1S/C20H29N7O8/c21-15(28)4-3-12(18(32)27-14(20(34)35)6-10-8-22-9-24-10)25-19(33)13(7-16(29)30)26-17(31)11-2-1-5-23-11/h8-9,11-14,23H,1-7H2,(H2,21,28)(H,22,24)(H,25,33)(H,26,31)(H,27,32)(H,29,30)(H,34,35). The molecule has 1 aliphatic heterocycles. The van der Waals surface area contributed by atoms with E-state index in [2.05, 4.69) is 31.2 Å². The molecule has 15 nitrogen and oxygen atoms in total. The highest BCUT2D eigenvalue weighted by molar-refractivity contribution is 5.96. The topological polar surface area (TPSA) is 246 Å². The van der Waals surface area contributed by atoms with Crippen LogP contribution in [-0.4, -0.2) is 86.5 Å². The number of aromatic amines is 1. The van der Waals surface area contributed by atoms with Crippen LogP contribution in [0.1, 0.15) is 37.8 Å². The lowest BCUT2D eigenvalue weighted by Gasteiger charge is -2.24. The van der Waals surface area contributed by atoms with Gasteiger partial charge >= 0.3 is 11.9 Å². The van der Waals surface area contributed by atoms with E-state index in [1.165, 1.54) is 12.5 Å². The normalized spacial score (nSPS) is 17.5. The minimum atomic E-state index is -1.51. The van der Waals surface area contributed by atoms with Crippen LogP contribution in [0.25, 0.3) is 0 Å². The van der Waals surface area contributed by atoms with Crippen LogP contribution in [0.5, 0.6) is 0 Å². The Morgan fingerprint density at radius 3 is 2.29 bits per heavy atom. The number of aromatic nitrogens is 2. The molecule has 4 amide bonds. The molecule has 192 valence electrons. The van der Waals surface area contributed by atoms with E-state index in [1.54, 1.807) is 0 Å². The second-order valence-corrected chi connectivity index (χ2v) is 8.05. The molecule has 0 aromatic carbocycles. The zero-order valence-electron chi connectivity index (χ0n) is 18.8. The van der Waals surface area contributed by atoms with Crippen LogP contribution in [0.2, 0.25) is 0 Å². The molecule has 1 aliphatic rings. The number of nitrogens with one attached hydrogen (secondary N) is 5. The van der Waals surface area contributed by atoms with Crippen molar-refractivity contribution in [1.82, 2.24) is 31.2 Å². The molecule has 4 atom stereocenters. The summed E-state index contributed by atoms with van der Waals surface area (Å²) in [5.74, 6) is -5.96. The molecule has 1 saturated heterocycles. The van der Waals surface area contributed by atoms with Gasteiger partial charge in [-0.2, -0.15) is 0 Å². The van der Waals surface area contributed by atoms with Crippen molar-refractivity contribution in [3.8, 4) is 0 Å². The Morgan fingerprint density at radius 2 is 1.74 bits per heavy atom. The third kappa shape index (κ3) is 9.04. The lowest BCUT2D eigenvalue weighted by molar-refractivity contribution is -0.143. The molecule has 1 fully saturated rings. The zero-order chi connectivity index (χ0) is 26.0. The van der Waals surface area contributed by atoms with Crippen molar-refractivity contribution in [2.75, 3.05) is 6.54 Å². The Labute approximate surface area is 199 Å². The summed E-state index contributed by atoms with van der Waals surface area (Å²) in [6.45, 7) is 0.604. The van der Waals surface area contributed by atoms with Crippen LogP contribution in [0.3, 0.4) is 0 Å². The van der Waals surface area contributed by atoms with Crippen molar-refractivity contribution in [3.05, 3.63) is 18.2 Å². The molecule has 2 rings (SSSR count). The molecule has 0 radical (unpaired) electrons. The number of carbonyl (C=O) groups is 6. The van der Waals surface area contributed by atoms with Crippen LogP contribution >= 0.6 is 0 Å². The van der Waals surface area contributed by atoms with Gasteiger partial charge in [0, 0.05) is 24.7 Å². The predicted molar refractivity (Wildman–Crippen MR) is 117 cm³/mol. The molecule has 0 saturated carbocycles. The fourth-order valence-corrected chi connectivity index (χ4v) is 3.48. The first-order valence-electron chi connectivity index (χ1n) is 10.9. The highest BCUT2D eigenvalue weighted by atomic mass is 16.4. The lowest BCUT2D eigenvalue weighted by Crippen LogP contribution is -2.57. The SMILES string of the molecule is NC(=O)CCC(NC(=O)C(CC(=O)O)NC(=O)C1CCCN1)C(=O)NC(Cc1cnc[nH]1)C(=O)O. The molecule has 1 aromatic rings. The second kappa shape index (κ2) is 13.0. The Balaban J connectivity index is 2.12. The molecule has 4 unspecified atom stereocenters. The maximum atomic E-state index is 12.8. The zero-order valence-corrected chi connectivity index (χ0v) is 18.8. The maximum Gasteiger partial charge on any atom is 0.326 e. The molecule has 1 aromatic heterocycles. The molecule has 0 aliphatic carbocycles.